The average molecular weight is 353 g/mol. The topological polar surface area (TPSA) is 65.5 Å². The molecule has 22 heavy (non-hydrogen) atoms. The number of likely N-dealkylation sites (N-methyl/N-ethyl adjacent to an activating group) is 1. The molecule has 0 aliphatic carbocycles. The summed E-state index contributed by atoms with van der Waals surface area (Å²) in [7, 11) is 1.52. The highest BCUT2D eigenvalue weighted by molar-refractivity contribution is 5.96. The molecule has 1 aromatic rings. The maximum absolute atomic E-state index is 13.0. The summed E-state index contributed by atoms with van der Waals surface area (Å²) in [5, 5.41) is 3.15. The second-order valence-electron chi connectivity index (χ2n) is 4.68. The molecule has 1 N–H and O–H groups in total. The second-order valence-corrected chi connectivity index (χ2v) is 4.68. The van der Waals surface area contributed by atoms with Gasteiger partial charge in [0.05, 0.1) is 18.3 Å². The van der Waals surface area contributed by atoms with Crippen LogP contribution in [0.4, 0.5) is 4.39 Å². The predicted molar refractivity (Wildman–Crippen MR) is 85.1 cm³/mol. The van der Waals surface area contributed by atoms with Crippen molar-refractivity contribution in [3.63, 3.8) is 0 Å². The van der Waals surface area contributed by atoms with Gasteiger partial charge < -0.3 is 15.1 Å². The van der Waals surface area contributed by atoms with Gasteiger partial charge in [0.15, 0.2) is 0 Å². The number of amides is 2. The molecule has 0 radical (unpaired) electrons. The van der Waals surface area contributed by atoms with Gasteiger partial charge in [-0.1, -0.05) is 0 Å². The fourth-order valence-corrected chi connectivity index (χ4v) is 2.04. The predicted octanol–water partition coefficient (Wildman–Crippen LogP) is 0.568. The smallest absolute Gasteiger partial charge is 0.255 e. The molecule has 124 valence electrons. The van der Waals surface area contributed by atoms with Crippen molar-refractivity contribution in [2.45, 2.75) is 0 Å². The second kappa shape index (κ2) is 9.55. The summed E-state index contributed by atoms with van der Waals surface area (Å²) in [6, 6.07) is 1.11. The van der Waals surface area contributed by atoms with Crippen LogP contribution in [-0.2, 0) is 4.79 Å². The van der Waals surface area contributed by atoms with Crippen molar-refractivity contribution in [1.29, 1.82) is 0 Å². The third-order valence-electron chi connectivity index (χ3n) is 3.14. The minimum Gasteiger partial charge on any atom is -0.339 e. The number of hydrogen-bond acceptors (Lipinski definition) is 4. The molecule has 0 spiro atoms. The quantitative estimate of drug-likeness (QED) is 0.863. The Balaban J connectivity index is 0.00000220. The zero-order chi connectivity index (χ0) is 14.5. The van der Waals surface area contributed by atoms with Crippen LogP contribution in [0.1, 0.15) is 10.4 Å². The minimum atomic E-state index is -0.572. The number of aromatic nitrogens is 1. The summed E-state index contributed by atoms with van der Waals surface area (Å²) in [6.45, 7) is 2.79. The molecule has 2 heterocycles. The van der Waals surface area contributed by atoms with Crippen LogP contribution in [0, 0.1) is 5.82 Å². The fraction of sp³-hybridized carbons (Fsp3) is 0.462. The molecular weight excluding hydrogens is 334 g/mol. The molecule has 9 heteroatoms. The van der Waals surface area contributed by atoms with E-state index in [1.165, 1.54) is 18.1 Å². The van der Waals surface area contributed by atoms with E-state index in [1.54, 1.807) is 4.90 Å². The zero-order valence-corrected chi connectivity index (χ0v) is 13.8. The molecule has 2 rings (SSSR count). The van der Waals surface area contributed by atoms with Crippen LogP contribution in [0.3, 0.4) is 0 Å². The number of piperazine rings is 1. The van der Waals surface area contributed by atoms with Gasteiger partial charge in [0.1, 0.15) is 5.82 Å². The summed E-state index contributed by atoms with van der Waals surface area (Å²) in [5.74, 6) is -1.09. The summed E-state index contributed by atoms with van der Waals surface area (Å²) in [4.78, 5) is 30.7. The highest BCUT2D eigenvalue weighted by Crippen LogP contribution is 2.05. The van der Waals surface area contributed by atoms with Gasteiger partial charge in [-0.15, -0.1) is 24.8 Å². The van der Waals surface area contributed by atoms with Crippen molar-refractivity contribution in [2.24, 2.45) is 0 Å². The van der Waals surface area contributed by atoms with Crippen LogP contribution in [0.15, 0.2) is 18.5 Å². The van der Waals surface area contributed by atoms with Crippen molar-refractivity contribution in [2.75, 3.05) is 39.8 Å². The third-order valence-corrected chi connectivity index (χ3v) is 3.14. The summed E-state index contributed by atoms with van der Waals surface area (Å²) >= 11 is 0. The van der Waals surface area contributed by atoms with Gasteiger partial charge in [-0.25, -0.2) is 4.39 Å². The van der Waals surface area contributed by atoms with Gasteiger partial charge in [0, 0.05) is 39.4 Å². The van der Waals surface area contributed by atoms with Crippen LogP contribution in [0.2, 0.25) is 0 Å². The van der Waals surface area contributed by atoms with E-state index in [4.69, 9.17) is 0 Å². The van der Waals surface area contributed by atoms with Crippen LogP contribution < -0.4 is 5.32 Å². The lowest BCUT2D eigenvalue weighted by Gasteiger charge is -2.29. The minimum absolute atomic E-state index is 0. The molecule has 1 aliphatic heterocycles. The molecule has 0 aromatic carbocycles. The molecule has 1 aliphatic rings. The Labute approximate surface area is 140 Å². The molecule has 6 nitrogen and oxygen atoms in total. The first-order valence-electron chi connectivity index (χ1n) is 6.42. The maximum atomic E-state index is 13.0. The monoisotopic (exact) mass is 352 g/mol. The maximum Gasteiger partial charge on any atom is 0.255 e. The van der Waals surface area contributed by atoms with Crippen LogP contribution in [-0.4, -0.2) is 66.4 Å². The molecule has 2 amide bonds. The number of pyridine rings is 1. The Morgan fingerprint density at radius 3 is 2.55 bits per heavy atom. The largest absolute Gasteiger partial charge is 0.339 e. The number of carbonyl (C=O) groups excluding carboxylic acids is 2. The van der Waals surface area contributed by atoms with E-state index >= 15 is 0 Å². The number of halogens is 3. The standard InChI is InChI=1S/C13H17FN4O2.2ClH/c1-17(9-12(19)18-4-2-15-3-5-18)13(20)10-6-11(14)8-16-7-10;;/h6-8,15H,2-5,9H2,1H3;2*1H. The molecular formula is C13H19Cl2FN4O2. The van der Waals surface area contributed by atoms with Gasteiger partial charge in [0.2, 0.25) is 5.91 Å². The Morgan fingerprint density at radius 2 is 1.95 bits per heavy atom. The van der Waals surface area contributed by atoms with Gasteiger partial charge in [0.25, 0.3) is 5.91 Å². The lowest BCUT2D eigenvalue weighted by atomic mass is 10.2. The van der Waals surface area contributed by atoms with Gasteiger partial charge in [-0.2, -0.15) is 0 Å². The van der Waals surface area contributed by atoms with Crippen LogP contribution in [0.25, 0.3) is 0 Å². The van der Waals surface area contributed by atoms with Crippen LogP contribution in [0.5, 0.6) is 0 Å². The Kier molecular flexibility index (Phi) is 8.93. The van der Waals surface area contributed by atoms with Crippen molar-refractivity contribution in [3.8, 4) is 0 Å². The van der Waals surface area contributed by atoms with Crippen molar-refractivity contribution < 1.29 is 14.0 Å². The van der Waals surface area contributed by atoms with E-state index in [0.717, 1.165) is 25.4 Å². The van der Waals surface area contributed by atoms with Crippen molar-refractivity contribution in [1.82, 2.24) is 20.1 Å². The van der Waals surface area contributed by atoms with Crippen molar-refractivity contribution in [3.05, 3.63) is 29.8 Å². The highest BCUT2D eigenvalue weighted by atomic mass is 35.5. The number of carbonyl (C=O) groups is 2. The van der Waals surface area contributed by atoms with Gasteiger partial charge in [-0.3, -0.25) is 14.6 Å². The molecule has 1 aromatic heterocycles. The Hall–Kier alpha value is -1.44. The van der Waals surface area contributed by atoms with Gasteiger partial charge in [-0.05, 0) is 6.07 Å². The Morgan fingerprint density at radius 1 is 1.32 bits per heavy atom. The first kappa shape index (κ1) is 20.6. The first-order chi connectivity index (χ1) is 9.58. The number of rotatable bonds is 3. The summed E-state index contributed by atoms with van der Waals surface area (Å²) < 4.78 is 13.0. The third kappa shape index (κ3) is 5.40. The Bertz CT molecular complexity index is 513. The molecule has 0 atom stereocenters. The SMILES string of the molecule is CN(CC(=O)N1CCNCC1)C(=O)c1cncc(F)c1.Cl.Cl. The number of nitrogens with one attached hydrogen (secondary N) is 1. The first-order valence-corrected chi connectivity index (χ1v) is 6.42. The normalized spacial score (nSPS) is 13.6. The van der Waals surface area contributed by atoms with Gasteiger partial charge >= 0.3 is 0 Å². The lowest BCUT2D eigenvalue weighted by Crippen LogP contribution is -2.49. The molecule has 0 saturated carbocycles. The van der Waals surface area contributed by atoms with E-state index < -0.39 is 11.7 Å². The summed E-state index contributed by atoms with van der Waals surface area (Å²) in [5.41, 5.74) is 0.139. The lowest BCUT2D eigenvalue weighted by molar-refractivity contribution is -0.132. The fourth-order valence-electron chi connectivity index (χ4n) is 2.04. The molecule has 1 saturated heterocycles. The molecule has 1 fully saturated rings. The van der Waals surface area contributed by atoms with E-state index in [0.29, 0.717) is 13.1 Å². The van der Waals surface area contributed by atoms with Crippen molar-refractivity contribution >= 4 is 36.6 Å². The highest BCUT2D eigenvalue weighted by Gasteiger charge is 2.21. The summed E-state index contributed by atoms with van der Waals surface area (Å²) in [6.07, 6.45) is 2.32. The molecule has 0 bridgehead atoms. The zero-order valence-electron chi connectivity index (χ0n) is 12.1. The average Bonchev–Trinajstić information content (AvgIpc) is 2.47. The number of nitrogens with zero attached hydrogens (tertiary/aromatic N) is 3. The molecule has 0 unspecified atom stereocenters. The van der Waals surface area contributed by atoms with E-state index in [2.05, 4.69) is 10.3 Å². The van der Waals surface area contributed by atoms with E-state index in [9.17, 15) is 14.0 Å². The van der Waals surface area contributed by atoms with E-state index in [-0.39, 0.29) is 42.8 Å². The van der Waals surface area contributed by atoms with Crippen LogP contribution >= 0.6 is 24.8 Å². The number of hydrogen-bond donors (Lipinski definition) is 1. The van der Waals surface area contributed by atoms with E-state index in [1.807, 2.05) is 0 Å².